The fraction of sp³-hybridized carbons (Fsp3) is 0.471. The first kappa shape index (κ1) is 16.8. The highest BCUT2D eigenvalue weighted by Crippen LogP contribution is 2.19. The lowest BCUT2D eigenvalue weighted by Crippen LogP contribution is -2.33. The van der Waals surface area contributed by atoms with Crippen molar-refractivity contribution >= 4 is 17.2 Å². The van der Waals surface area contributed by atoms with Crippen molar-refractivity contribution in [3.8, 4) is 0 Å². The largest absolute Gasteiger partial charge is 0.467 e. The van der Waals surface area contributed by atoms with Crippen LogP contribution in [0.2, 0.25) is 0 Å². The quantitative estimate of drug-likeness (QED) is 0.781. The smallest absolute Gasteiger partial charge is 0.220 e. The molecule has 0 spiro atoms. The third-order valence-electron chi connectivity index (χ3n) is 3.48. The van der Waals surface area contributed by atoms with Gasteiger partial charge in [0.25, 0.3) is 0 Å². The predicted octanol–water partition coefficient (Wildman–Crippen LogP) is 3.60. The summed E-state index contributed by atoms with van der Waals surface area (Å²) in [6, 6.07) is 7.63. The number of hydrogen-bond acceptors (Lipinski definition) is 4. The average molecular weight is 321 g/mol. The van der Waals surface area contributed by atoms with Gasteiger partial charge in [-0.05, 0) is 51.0 Å². The molecule has 0 saturated heterocycles. The molecule has 2 unspecified atom stereocenters. The molecular weight excluding hydrogens is 298 g/mol. The second-order valence-electron chi connectivity index (χ2n) is 5.60. The molecule has 0 aliphatic carbocycles. The number of aryl methyl sites for hydroxylation is 2. The van der Waals surface area contributed by atoms with Crippen LogP contribution in [0.15, 0.2) is 34.9 Å². The van der Waals surface area contributed by atoms with Crippen LogP contribution >= 0.6 is 11.3 Å². The molecule has 0 saturated carbocycles. The zero-order valence-electron chi connectivity index (χ0n) is 13.0. The fourth-order valence-electron chi connectivity index (χ4n) is 2.38. The second-order valence-corrected chi connectivity index (χ2v) is 6.97. The molecule has 1 amide bonds. The van der Waals surface area contributed by atoms with Crippen molar-refractivity contribution in [1.82, 2.24) is 5.32 Å². The third-order valence-corrected chi connectivity index (χ3v) is 4.54. The van der Waals surface area contributed by atoms with E-state index in [9.17, 15) is 9.90 Å². The lowest BCUT2D eigenvalue weighted by atomic mass is 10.1. The Bertz CT molecular complexity index is 577. The first-order valence-electron chi connectivity index (χ1n) is 7.60. The van der Waals surface area contributed by atoms with Crippen LogP contribution in [0.1, 0.15) is 47.8 Å². The summed E-state index contributed by atoms with van der Waals surface area (Å²) < 4.78 is 5.16. The van der Waals surface area contributed by atoms with Crippen molar-refractivity contribution < 1.29 is 14.3 Å². The molecule has 0 bridgehead atoms. The van der Waals surface area contributed by atoms with E-state index in [-0.39, 0.29) is 11.9 Å². The Hall–Kier alpha value is -1.59. The maximum Gasteiger partial charge on any atom is 0.220 e. The van der Waals surface area contributed by atoms with Crippen molar-refractivity contribution in [3.63, 3.8) is 0 Å². The van der Waals surface area contributed by atoms with Crippen LogP contribution in [0.3, 0.4) is 0 Å². The number of rotatable bonds is 8. The van der Waals surface area contributed by atoms with Gasteiger partial charge in [0, 0.05) is 28.6 Å². The van der Waals surface area contributed by atoms with Crippen LogP contribution < -0.4 is 5.32 Å². The fourth-order valence-corrected chi connectivity index (χ4v) is 3.31. The van der Waals surface area contributed by atoms with Crippen molar-refractivity contribution in [2.45, 2.75) is 51.7 Å². The van der Waals surface area contributed by atoms with Crippen LogP contribution in [0.25, 0.3) is 0 Å². The number of nitrogens with one attached hydrogen (secondary N) is 1. The van der Waals surface area contributed by atoms with Gasteiger partial charge in [-0.15, -0.1) is 11.3 Å². The standard InChI is InChI=1S/C17H23NO3S/c1-12(11-15(19)16-6-4-10-21-16)18-17(20)7-3-5-14-9-8-13(2)22-14/h4,6,8-10,12,15,19H,3,5,7,11H2,1-2H3,(H,18,20). The zero-order chi connectivity index (χ0) is 15.9. The summed E-state index contributed by atoms with van der Waals surface area (Å²) in [5.74, 6) is 0.571. The number of thiophene rings is 1. The monoisotopic (exact) mass is 321 g/mol. The second kappa shape index (κ2) is 8.15. The molecule has 2 N–H and O–H groups in total. The van der Waals surface area contributed by atoms with Crippen molar-refractivity contribution in [2.24, 2.45) is 0 Å². The highest BCUT2D eigenvalue weighted by molar-refractivity contribution is 7.11. The maximum absolute atomic E-state index is 11.9. The minimum atomic E-state index is -0.681. The molecule has 2 aromatic heterocycles. The predicted molar refractivity (Wildman–Crippen MR) is 87.9 cm³/mol. The van der Waals surface area contributed by atoms with Gasteiger partial charge in [0.2, 0.25) is 5.91 Å². The van der Waals surface area contributed by atoms with Gasteiger partial charge in [-0.1, -0.05) is 0 Å². The highest BCUT2D eigenvalue weighted by Gasteiger charge is 2.16. The van der Waals surface area contributed by atoms with E-state index in [0.717, 1.165) is 12.8 Å². The van der Waals surface area contributed by atoms with Crippen LogP contribution in [0.4, 0.5) is 0 Å². The molecule has 2 heterocycles. The number of carbonyl (C=O) groups excluding carboxylic acids is 1. The van der Waals surface area contributed by atoms with Gasteiger partial charge < -0.3 is 14.8 Å². The summed E-state index contributed by atoms with van der Waals surface area (Å²) in [6.45, 7) is 3.99. The Labute approximate surface area is 135 Å². The minimum absolute atomic E-state index is 0.0347. The lowest BCUT2D eigenvalue weighted by molar-refractivity contribution is -0.121. The molecule has 22 heavy (non-hydrogen) atoms. The number of hydrogen-bond donors (Lipinski definition) is 2. The third kappa shape index (κ3) is 5.31. The summed E-state index contributed by atoms with van der Waals surface area (Å²) in [7, 11) is 0. The Kier molecular flexibility index (Phi) is 6.21. The van der Waals surface area contributed by atoms with Gasteiger partial charge in [-0.3, -0.25) is 4.79 Å². The average Bonchev–Trinajstić information content (AvgIpc) is 3.10. The van der Waals surface area contributed by atoms with Gasteiger partial charge >= 0.3 is 0 Å². The molecule has 2 rings (SSSR count). The Morgan fingerprint density at radius 1 is 1.41 bits per heavy atom. The summed E-state index contributed by atoms with van der Waals surface area (Å²) in [5, 5.41) is 12.9. The van der Waals surface area contributed by atoms with E-state index in [2.05, 4.69) is 24.4 Å². The summed E-state index contributed by atoms with van der Waals surface area (Å²) in [4.78, 5) is 14.5. The van der Waals surface area contributed by atoms with E-state index in [1.807, 2.05) is 6.92 Å². The summed E-state index contributed by atoms with van der Waals surface area (Å²) in [6.07, 6.45) is 3.60. The van der Waals surface area contributed by atoms with E-state index in [0.29, 0.717) is 18.6 Å². The highest BCUT2D eigenvalue weighted by atomic mass is 32.1. The lowest BCUT2D eigenvalue weighted by Gasteiger charge is -2.16. The van der Waals surface area contributed by atoms with Crippen molar-refractivity contribution in [2.75, 3.05) is 0 Å². The Balaban J connectivity index is 1.65. The van der Waals surface area contributed by atoms with Gasteiger partial charge in [0.05, 0.1) is 6.26 Å². The molecule has 4 nitrogen and oxygen atoms in total. The van der Waals surface area contributed by atoms with E-state index in [4.69, 9.17) is 4.42 Å². The topological polar surface area (TPSA) is 62.5 Å². The Morgan fingerprint density at radius 2 is 2.23 bits per heavy atom. The van der Waals surface area contributed by atoms with Crippen molar-refractivity contribution in [1.29, 1.82) is 0 Å². The first-order valence-corrected chi connectivity index (χ1v) is 8.42. The van der Waals surface area contributed by atoms with Crippen LogP contribution in [0.5, 0.6) is 0 Å². The molecule has 5 heteroatoms. The molecule has 0 radical (unpaired) electrons. The van der Waals surface area contributed by atoms with Crippen LogP contribution in [0, 0.1) is 6.92 Å². The van der Waals surface area contributed by atoms with E-state index in [1.165, 1.54) is 16.0 Å². The normalized spacial score (nSPS) is 13.8. The molecule has 120 valence electrons. The van der Waals surface area contributed by atoms with Gasteiger partial charge in [-0.25, -0.2) is 0 Å². The maximum atomic E-state index is 11.9. The molecule has 0 aromatic carbocycles. The first-order chi connectivity index (χ1) is 10.5. The molecule has 0 aliphatic rings. The molecule has 2 aromatic rings. The number of aliphatic hydroxyl groups excluding tert-OH is 1. The van der Waals surface area contributed by atoms with Crippen LogP contribution in [-0.4, -0.2) is 17.1 Å². The number of carbonyl (C=O) groups is 1. The molecule has 2 atom stereocenters. The molecular formula is C17H23NO3S. The Morgan fingerprint density at radius 3 is 2.86 bits per heavy atom. The molecule has 0 fully saturated rings. The number of aliphatic hydroxyl groups is 1. The summed E-state index contributed by atoms with van der Waals surface area (Å²) in [5.41, 5.74) is 0. The van der Waals surface area contributed by atoms with E-state index in [1.54, 1.807) is 23.5 Å². The zero-order valence-corrected chi connectivity index (χ0v) is 13.9. The van der Waals surface area contributed by atoms with Gasteiger partial charge in [-0.2, -0.15) is 0 Å². The van der Waals surface area contributed by atoms with Crippen molar-refractivity contribution in [3.05, 3.63) is 46.0 Å². The van der Waals surface area contributed by atoms with E-state index < -0.39 is 6.10 Å². The van der Waals surface area contributed by atoms with E-state index >= 15 is 0 Å². The summed E-state index contributed by atoms with van der Waals surface area (Å²) >= 11 is 1.79. The van der Waals surface area contributed by atoms with Gasteiger partial charge in [0.15, 0.2) is 0 Å². The van der Waals surface area contributed by atoms with Crippen LogP contribution in [-0.2, 0) is 11.2 Å². The molecule has 0 aliphatic heterocycles. The SMILES string of the molecule is Cc1ccc(CCCC(=O)NC(C)CC(O)c2ccco2)s1. The number of furan rings is 1. The minimum Gasteiger partial charge on any atom is -0.467 e. The van der Waals surface area contributed by atoms with Gasteiger partial charge in [0.1, 0.15) is 11.9 Å². The number of amides is 1.